The lowest BCUT2D eigenvalue weighted by Gasteiger charge is -2.09. The lowest BCUT2D eigenvalue weighted by Crippen LogP contribution is -2.13. The Bertz CT molecular complexity index is 916. The van der Waals surface area contributed by atoms with Crippen LogP contribution < -0.4 is 5.32 Å². The zero-order valence-electron chi connectivity index (χ0n) is 13.1. The van der Waals surface area contributed by atoms with E-state index >= 15 is 0 Å². The van der Waals surface area contributed by atoms with E-state index in [0.29, 0.717) is 28.7 Å². The molecule has 0 spiro atoms. The number of hydrogen-bond donors (Lipinski definition) is 1. The number of thioether (sulfide) groups is 1. The topological polar surface area (TPSA) is 68.0 Å². The van der Waals surface area contributed by atoms with Gasteiger partial charge in [0.05, 0.1) is 16.3 Å². The van der Waals surface area contributed by atoms with Crippen LogP contribution in [-0.2, 0) is 5.75 Å². The Labute approximate surface area is 152 Å². The number of nitrogens with one attached hydrogen (secondary N) is 1. The molecule has 25 heavy (non-hydrogen) atoms. The average molecular weight is 378 g/mol. The van der Waals surface area contributed by atoms with Crippen molar-refractivity contribution in [2.75, 3.05) is 5.32 Å². The molecular formula is C17H13ClFN3O2S. The van der Waals surface area contributed by atoms with E-state index in [-0.39, 0.29) is 10.9 Å². The molecule has 1 amide bonds. The van der Waals surface area contributed by atoms with Gasteiger partial charge in [-0.3, -0.25) is 4.79 Å². The number of amides is 1. The highest BCUT2D eigenvalue weighted by atomic mass is 35.5. The first-order chi connectivity index (χ1) is 12.0. The average Bonchev–Trinajstić information content (AvgIpc) is 3.02. The van der Waals surface area contributed by atoms with Crippen LogP contribution in [0.15, 0.2) is 51.9 Å². The lowest BCUT2D eigenvalue weighted by molar-refractivity contribution is 0.102. The van der Waals surface area contributed by atoms with Crippen LogP contribution in [0.5, 0.6) is 0 Å². The fourth-order valence-corrected chi connectivity index (χ4v) is 3.10. The molecule has 0 bridgehead atoms. The molecule has 5 nitrogen and oxygen atoms in total. The standard InChI is InChI=1S/C17H13ClFN3O2S/c1-10-20-16(24-22-10)9-25-15-5-3-2-4-12(15)17(23)21-11-6-7-13(18)14(19)8-11/h2-8H,9H2,1H3,(H,21,23). The van der Waals surface area contributed by atoms with Gasteiger partial charge in [0.25, 0.3) is 5.91 Å². The molecule has 3 rings (SSSR count). The van der Waals surface area contributed by atoms with E-state index in [2.05, 4.69) is 15.5 Å². The summed E-state index contributed by atoms with van der Waals surface area (Å²) in [5.41, 5.74) is 0.804. The normalized spacial score (nSPS) is 10.7. The Hall–Kier alpha value is -2.38. The van der Waals surface area contributed by atoms with Gasteiger partial charge in [0.2, 0.25) is 5.89 Å². The molecular weight excluding hydrogens is 365 g/mol. The smallest absolute Gasteiger partial charge is 0.256 e. The Morgan fingerprint density at radius 2 is 2.12 bits per heavy atom. The Balaban J connectivity index is 1.74. The first kappa shape index (κ1) is 17.4. The molecule has 2 aromatic carbocycles. The first-order valence-corrected chi connectivity index (χ1v) is 8.66. The van der Waals surface area contributed by atoms with Gasteiger partial charge in [-0.15, -0.1) is 11.8 Å². The van der Waals surface area contributed by atoms with E-state index in [1.807, 2.05) is 12.1 Å². The largest absolute Gasteiger partial charge is 0.338 e. The van der Waals surface area contributed by atoms with E-state index in [4.69, 9.17) is 16.1 Å². The minimum atomic E-state index is -0.589. The Morgan fingerprint density at radius 3 is 2.84 bits per heavy atom. The summed E-state index contributed by atoms with van der Waals surface area (Å²) in [5, 5.41) is 6.40. The van der Waals surface area contributed by atoms with Crippen molar-refractivity contribution >= 4 is 35.0 Å². The van der Waals surface area contributed by atoms with Gasteiger partial charge in [-0.1, -0.05) is 28.9 Å². The van der Waals surface area contributed by atoms with Crippen LogP contribution in [0.1, 0.15) is 22.1 Å². The number of halogens is 2. The van der Waals surface area contributed by atoms with E-state index < -0.39 is 5.82 Å². The van der Waals surface area contributed by atoms with Gasteiger partial charge < -0.3 is 9.84 Å². The van der Waals surface area contributed by atoms with Crippen molar-refractivity contribution < 1.29 is 13.7 Å². The van der Waals surface area contributed by atoms with Crippen LogP contribution >= 0.6 is 23.4 Å². The maximum absolute atomic E-state index is 13.5. The number of nitrogens with zero attached hydrogens (tertiary/aromatic N) is 2. The van der Waals surface area contributed by atoms with Crippen molar-refractivity contribution in [3.05, 3.63) is 70.6 Å². The molecule has 8 heteroatoms. The lowest BCUT2D eigenvalue weighted by atomic mass is 10.2. The number of hydrogen-bond acceptors (Lipinski definition) is 5. The van der Waals surface area contributed by atoms with Crippen molar-refractivity contribution in [2.24, 2.45) is 0 Å². The van der Waals surface area contributed by atoms with Gasteiger partial charge in [0.15, 0.2) is 5.82 Å². The number of aryl methyl sites for hydroxylation is 1. The number of aromatic nitrogens is 2. The number of carbonyl (C=O) groups excluding carboxylic acids is 1. The molecule has 0 fully saturated rings. The summed E-state index contributed by atoms with van der Waals surface area (Å²) in [5.74, 6) is 0.560. The van der Waals surface area contributed by atoms with Crippen molar-refractivity contribution in [2.45, 2.75) is 17.6 Å². The van der Waals surface area contributed by atoms with Crippen molar-refractivity contribution in [3.8, 4) is 0 Å². The zero-order valence-corrected chi connectivity index (χ0v) is 14.7. The van der Waals surface area contributed by atoms with Gasteiger partial charge >= 0.3 is 0 Å². The third-order valence-electron chi connectivity index (χ3n) is 3.23. The maximum Gasteiger partial charge on any atom is 0.256 e. The molecule has 3 aromatic rings. The highest BCUT2D eigenvalue weighted by Crippen LogP contribution is 2.27. The molecule has 128 valence electrons. The van der Waals surface area contributed by atoms with E-state index in [9.17, 15) is 9.18 Å². The number of anilines is 1. The summed E-state index contributed by atoms with van der Waals surface area (Å²) in [4.78, 5) is 17.4. The van der Waals surface area contributed by atoms with Crippen LogP contribution in [0, 0.1) is 12.7 Å². The van der Waals surface area contributed by atoms with Crippen LogP contribution in [0.3, 0.4) is 0 Å². The molecule has 0 saturated carbocycles. The Kier molecular flexibility index (Phi) is 5.35. The highest BCUT2D eigenvalue weighted by Gasteiger charge is 2.14. The third-order valence-corrected chi connectivity index (χ3v) is 4.59. The molecule has 0 saturated heterocycles. The summed E-state index contributed by atoms with van der Waals surface area (Å²) in [6.45, 7) is 1.74. The third kappa shape index (κ3) is 4.37. The molecule has 0 unspecified atom stereocenters. The molecule has 0 aliphatic rings. The molecule has 1 N–H and O–H groups in total. The summed E-state index contributed by atoms with van der Waals surface area (Å²) in [6.07, 6.45) is 0. The quantitative estimate of drug-likeness (QED) is 0.652. The van der Waals surface area contributed by atoms with Crippen LogP contribution in [0.2, 0.25) is 5.02 Å². The number of benzene rings is 2. The van der Waals surface area contributed by atoms with Crippen molar-refractivity contribution in [3.63, 3.8) is 0 Å². The van der Waals surface area contributed by atoms with E-state index in [1.54, 1.807) is 25.1 Å². The van der Waals surface area contributed by atoms with Crippen LogP contribution in [0.4, 0.5) is 10.1 Å². The fourth-order valence-electron chi connectivity index (χ4n) is 2.09. The first-order valence-electron chi connectivity index (χ1n) is 7.30. The summed E-state index contributed by atoms with van der Waals surface area (Å²) in [7, 11) is 0. The predicted octanol–water partition coefficient (Wildman–Crippen LogP) is 4.72. The maximum atomic E-state index is 13.5. The number of rotatable bonds is 5. The van der Waals surface area contributed by atoms with Gasteiger partial charge in [0.1, 0.15) is 5.82 Å². The molecule has 1 heterocycles. The minimum Gasteiger partial charge on any atom is -0.338 e. The van der Waals surface area contributed by atoms with Crippen molar-refractivity contribution in [1.29, 1.82) is 0 Å². The van der Waals surface area contributed by atoms with E-state index in [0.717, 1.165) is 4.90 Å². The molecule has 0 aliphatic carbocycles. The van der Waals surface area contributed by atoms with Crippen molar-refractivity contribution in [1.82, 2.24) is 10.1 Å². The van der Waals surface area contributed by atoms with E-state index in [1.165, 1.54) is 23.9 Å². The Morgan fingerprint density at radius 1 is 1.32 bits per heavy atom. The molecule has 1 aromatic heterocycles. The predicted molar refractivity (Wildman–Crippen MR) is 94.4 cm³/mol. The summed E-state index contributed by atoms with van der Waals surface area (Å²) in [6, 6.07) is 11.2. The molecule has 0 aliphatic heterocycles. The van der Waals surface area contributed by atoms with Crippen LogP contribution in [0.25, 0.3) is 0 Å². The summed E-state index contributed by atoms with van der Waals surface area (Å²) >= 11 is 7.06. The minimum absolute atomic E-state index is 0.00352. The van der Waals surface area contributed by atoms with Gasteiger partial charge in [-0.05, 0) is 37.3 Å². The summed E-state index contributed by atoms with van der Waals surface area (Å²) < 4.78 is 18.6. The second-order valence-electron chi connectivity index (χ2n) is 5.10. The molecule has 0 atom stereocenters. The van der Waals surface area contributed by atoms with Crippen LogP contribution in [-0.4, -0.2) is 16.0 Å². The second-order valence-corrected chi connectivity index (χ2v) is 6.53. The second kappa shape index (κ2) is 7.67. The SMILES string of the molecule is Cc1noc(CSc2ccccc2C(=O)Nc2ccc(Cl)c(F)c2)n1. The molecule has 0 radical (unpaired) electrons. The van der Waals surface area contributed by atoms with Gasteiger partial charge in [-0.2, -0.15) is 4.98 Å². The highest BCUT2D eigenvalue weighted by molar-refractivity contribution is 7.98. The fraction of sp³-hybridized carbons (Fsp3) is 0.118. The van der Waals surface area contributed by atoms with Gasteiger partial charge in [0, 0.05) is 10.6 Å². The van der Waals surface area contributed by atoms with Gasteiger partial charge in [-0.25, -0.2) is 4.39 Å². The number of carbonyl (C=O) groups is 1. The monoisotopic (exact) mass is 377 g/mol. The zero-order chi connectivity index (χ0) is 17.8.